The number of rotatable bonds is 3. The molecule has 0 bridgehead atoms. The van der Waals surface area contributed by atoms with E-state index < -0.39 is 11.4 Å². The highest BCUT2D eigenvalue weighted by Gasteiger charge is 2.46. The summed E-state index contributed by atoms with van der Waals surface area (Å²) in [5.41, 5.74) is -0.0652. The number of ether oxygens (including phenoxy) is 2. The summed E-state index contributed by atoms with van der Waals surface area (Å²) in [4.78, 5) is 12.0. The normalized spacial score (nSPS) is 29.3. The van der Waals surface area contributed by atoms with Crippen molar-refractivity contribution in [3.05, 3.63) is 29.8 Å². The summed E-state index contributed by atoms with van der Waals surface area (Å²) in [5.74, 6) is -0.0561. The molecular weight excluding hydrogens is 256 g/mol. The van der Waals surface area contributed by atoms with Crippen LogP contribution in [0.1, 0.15) is 37.7 Å². The molecule has 1 fully saturated rings. The van der Waals surface area contributed by atoms with Gasteiger partial charge >= 0.3 is 5.97 Å². The number of carboxylic acid groups (broad SMARTS) is 1. The first-order valence-electron chi connectivity index (χ1n) is 7.30. The monoisotopic (exact) mass is 276 g/mol. The van der Waals surface area contributed by atoms with E-state index in [1.165, 1.54) is 0 Å². The van der Waals surface area contributed by atoms with Crippen LogP contribution in [0.5, 0.6) is 5.75 Å². The highest BCUT2D eigenvalue weighted by atomic mass is 16.5. The summed E-state index contributed by atoms with van der Waals surface area (Å²) < 4.78 is 11.4. The van der Waals surface area contributed by atoms with Gasteiger partial charge < -0.3 is 14.6 Å². The predicted molar refractivity (Wildman–Crippen MR) is 74.1 cm³/mol. The molecule has 3 rings (SSSR count). The molecule has 0 aromatic heterocycles. The van der Waals surface area contributed by atoms with E-state index in [0.717, 1.165) is 31.4 Å². The minimum absolute atomic E-state index is 0.0472. The summed E-state index contributed by atoms with van der Waals surface area (Å²) in [6.07, 6.45) is 4.26. The molecule has 1 saturated heterocycles. The lowest BCUT2D eigenvalue weighted by Crippen LogP contribution is -2.44. The molecule has 0 spiro atoms. The zero-order chi connectivity index (χ0) is 14.0. The van der Waals surface area contributed by atoms with Gasteiger partial charge in [-0.1, -0.05) is 18.2 Å². The minimum atomic E-state index is -0.864. The van der Waals surface area contributed by atoms with Crippen LogP contribution in [0.4, 0.5) is 0 Å². The summed E-state index contributed by atoms with van der Waals surface area (Å²) in [6, 6.07) is 7.50. The highest BCUT2D eigenvalue weighted by Crippen LogP contribution is 2.43. The predicted octanol–water partition coefficient (Wildman–Crippen LogP) is 2.75. The molecule has 2 heterocycles. The molecule has 2 aliphatic rings. The molecule has 2 atom stereocenters. The molecule has 0 aliphatic carbocycles. The van der Waals surface area contributed by atoms with Crippen LogP contribution in [0.3, 0.4) is 0 Å². The van der Waals surface area contributed by atoms with E-state index in [9.17, 15) is 9.90 Å². The first-order chi connectivity index (χ1) is 9.72. The summed E-state index contributed by atoms with van der Waals surface area (Å²) in [5, 5.41) is 9.86. The largest absolute Gasteiger partial charge is 0.493 e. The molecule has 2 aliphatic heterocycles. The molecule has 20 heavy (non-hydrogen) atoms. The van der Waals surface area contributed by atoms with Gasteiger partial charge in [-0.3, -0.25) is 4.79 Å². The molecule has 1 N–H and O–H groups in total. The fraction of sp³-hybridized carbons (Fsp3) is 0.562. The molecular formula is C16H20O4. The van der Waals surface area contributed by atoms with Crippen molar-refractivity contribution in [1.82, 2.24) is 0 Å². The average molecular weight is 276 g/mol. The number of para-hydroxylation sites is 1. The Hall–Kier alpha value is -1.55. The quantitative estimate of drug-likeness (QED) is 0.922. The van der Waals surface area contributed by atoms with Crippen molar-refractivity contribution in [2.75, 3.05) is 13.2 Å². The molecule has 1 aromatic carbocycles. The van der Waals surface area contributed by atoms with Crippen LogP contribution >= 0.6 is 0 Å². The van der Waals surface area contributed by atoms with Crippen LogP contribution in [0.2, 0.25) is 0 Å². The van der Waals surface area contributed by atoms with Gasteiger partial charge in [0, 0.05) is 18.6 Å². The van der Waals surface area contributed by atoms with E-state index in [4.69, 9.17) is 9.47 Å². The molecule has 108 valence electrons. The third kappa shape index (κ3) is 2.29. The number of benzene rings is 1. The Balaban J connectivity index is 1.94. The maximum Gasteiger partial charge on any atom is 0.314 e. The van der Waals surface area contributed by atoms with E-state index in [2.05, 4.69) is 0 Å². The lowest BCUT2D eigenvalue weighted by atomic mass is 9.71. The van der Waals surface area contributed by atoms with Crippen molar-refractivity contribution in [2.24, 2.45) is 0 Å². The van der Waals surface area contributed by atoms with E-state index >= 15 is 0 Å². The fourth-order valence-electron chi connectivity index (χ4n) is 3.34. The Kier molecular flexibility index (Phi) is 3.66. The van der Waals surface area contributed by atoms with Gasteiger partial charge in [0.1, 0.15) is 11.2 Å². The number of carboxylic acids is 1. The summed E-state index contributed by atoms with van der Waals surface area (Å²) >= 11 is 0. The average Bonchev–Trinajstić information content (AvgIpc) is 2.48. The number of aliphatic carboxylic acids is 1. The fourth-order valence-corrected chi connectivity index (χ4v) is 3.34. The molecule has 0 radical (unpaired) electrons. The third-order valence-corrected chi connectivity index (χ3v) is 4.45. The SMILES string of the molecule is O=C(O)C1(CC2CCCCO2)CCOc2ccccc21. The molecule has 0 amide bonds. The Morgan fingerprint density at radius 3 is 2.90 bits per heavy atom. The second-order valence-electron chi connectivity index (χ2n) is 5.67. The second kappa shape index (κ2) is 5.44. The molecule has 2 unspecified atom stereocenters. The summed E-state index contributed by atoms with van der Waals surface area (Å²) in [6.45, 7) is 1.20. The van der Waals surface area contributed by atoms with Crippen LogP contribution < -0.4 is 4.74 Å². The maximum atomic E-state index is 12.0. The van der Waals surface area contributed by atoms with Gasteiger partial charge in [0.2, 0.25) is 0 Å². The number of hydrogen-bond acceptors (Lipinski definition) is 3. The van der Waals surface area contributed by atoms with Crippen molar-refractivity contribution in [3.8, 4) is 5.75 Å². The highest BCUT2D eigenvalue weighted by molar-refractivity contribution is 5.83. The lowest BCUT2D eigenvalue weighted by Gasteiger charge is -2.38. The smallest absolute Gasteiger partial charge is 0.314 e. The van der Waals surface area contributed by atoms with Crippen LogP contribution in [0, 0.1) is 0 Å². The van der Waals surface area contributed by atoms with Gasteiger partial charge in [-0.15, -0.1) is 0 Å². The van der Waals surface area contributed by atoms with Gasteiger partial charge in [0.15, 0.2) is 0 Å². The Bertz CT molecular complexity index is 493. The number of fused-ring (bicyclic) bond motifs is 1. The first kappa shape index (κ1) is 13.4. The van der Waals surface area contributed by atoms with Crippen molar-refractivity contribution >= 4 is 5.97 Å². The first-order valence-corrected chi connectivity index (χ1v) is 7.30. The van der Waals surface area contributed by atoms with E-state index in [1.807, 2.05) is 24.3 Å². The second-order valence-corrected chi connectivity index (χ2v) is 5.67. The van der Waals surface area contributed by atoms with E-state index in [1.54, 1.807) is 0 Å². The van der Waals surface area contributed by atoms with Crippen LogP contribution in [0.15, 0.2) is 24.3 Å². The van der Waals surface area contributed by atoms with Gasteiger partial charge in [-0.05, 0) is 31.7 Å². The number of carbonyl (C=O) groups is 1. The van der Waals surface area contributed by atoms with Crippen molar-refractivity contribution < 1.29 is 19.4 Å². The molecule has 0 saturated carbocycles. The molecule has 4 nitrogen and oxygen atoms in total. The van der Waals surface area contributed by atoms with Gasteiger partial charge in [-0.25, -0.2) is 0 Å². The van der Waals surface area contributed by atoms with Crippen LogP contribution in [-0.4, -0.2) is 30.4 Å². The van der Waals surface area contributed by atoms with Gasteiger partial charge in [-0.2, -0.15) is 0 Å². The zero-order valence-corrected chi connectivity index (χ0v) is 11.5. The molecule has 4 heteroatoms. The Labute approximate surface area is 118 Å². The van der Waals surface area contributed by atoms with Gasteiger partial charge in [0.25, 0.3) is 0 Å². The maximum absolute atomic E-state index is 12.0. The standard InChI is InChI=1S/C16H20O4/c17-15(18)16(11-12-5-3-4-9-19-12)8-10-20-14-7-2-1-6-13(14)16/h1-2,6-7,12H,3-5,8-11H2,(H,17,18). The van der Waals surface area contributed by atoms with E-state index in [0.29, 0.717) is 25.2 Å². The number of hydrogen-bond donors (Lipinski definition) is 1. The summed E-state index contributed by atoms with van der Waals surface area (Å²) in [7, 11) is 0. The van der Waals surface area contributed by atoms with Crippen molar-refractivity contribution in [3.63, 3.8) is 0 Å². The minimum Gasteiger partial charge on any atom is -0.493 e. The Morgan fingerprint density at radius 1 is 1.30 bits per heavy atom. The molecule has 1 aromatic rings. The Morgan fingerprint density at radius 2 is 2.15 bits per heavy atom. The van der Waals surface area contributed by atoms with E-state index in [-0.39, 0.29) is 6.10 Å². The third-order valence-electron chi connectivity index (χ3n) is 4.45. The van der Waals surface area contributed by atoms with Crippen molar-refractivity contribution in [2.45, 2.75) is 43.6 Å². The van der Waals surface area contributed by atoms with Crippen LogP contribution in [0.25, 0.3) is 0 Å². The van der Waals surface area contributed by atoms with Gasteiger partial charge in [0.05, 0.1) is 12.7 Å². The van der Waals surface area contributed by atoms with Crippen molar-refractivity contribution in [1.29, 1.82) is 0 Å². The lowest BCUT2D eigenvalue weighted by molar-refractivity contribution is -0.147. The topological polar surface area (TPSA) is 55.8 Å². The zero-order valence-electron chi connectivity index (χ0n) is 11.5. The van der Waals surface area contributed by atoms with Crippen LogP contribution in [-0.2, 0) is 14.9 Å².